The molecular weight excluding hydrogens is 204 g/mol. The van der Waals surface area contributed by atoms with Crippen LogP contribution >= 0.6 is 0 Å². The summed E-state index contributed by atoms with van der Waals surface area (Å²) in [7, 11) is 2.12. The summed E-state index contributed by atoms with van der Waals surface area (Å²) in [5.74, 6) is 0.621. The predicted octanol–water partition coefficient (Wildman–Crippen LogP) is 0.579. The lowest BCUT2D eigenvalue weighted by Crippen LogP contribution is -2.45. The molecule has 1 unspecified atom stereocenters. The van der Waals surface area contributed by atoms with Crippen molar-refractivity contribution in [3.05, 3.63) is 0 Å². The van der Waals surface area contributed by atoms with Crippen LogP contribution in [0.1, 0.15) is 13.8 Å². The lowest BCUT2D eigenvalue weighted by atomic mass is 10.2. The Hall–Kier alpha value is -0.160. The van der Waals surface area contributed by atoms with Gasteiger partial charge in [0.2, 0.25) is 0 Å². The van der Waals surface area contributed by atoms with E-state index in [1.807, 2.05) is 0 Å². The summed E-state index contributed by atoms with van der Waals surface area (Å²) in [6.45, 7) is 10.8. The molecule has 0 bridgehead atoms. The van der Waals surface area contributed by atoms with Crippen LogP contribution in [-0.4, -0.2) is 64.1 Å². The van der Waals surface area contributed by atoms with Gasteiger partial charge in [0.15, 0.2) is 0 Å². The van der Waals surface area contributed by atoms with E-state index in [1.165, 1.54) is 0 Å². The van der Waals surface area contributed by atoms with Gasteiger partial charge in [0, 0.05) is 32.8 Å². The van der Waals surface area contributed by atoms with Crippen LogP contribution in [0.3, 0.4) is 0 Å². The molecule has 1 heterocycles. The highest BCUT2D eigenvalue weighted by Crippen LogP contribution is 1.99. The zero-order valence-electron chi connectivity index (χ0n) is 10.9. The normalized spacial score (nSPS) is 21.9. The van der Waals surface area contributed by atoms with Crippen molar-refractivity contribution in [1.82, 2.24) is 10.2 Å². The first-order valence-corrected chi connectivity index (χ1v) is 6.27. The Kier molecular flexibility index (Phi) is 6.96. The minimum absolute atomic E-state index is 0.337. The number of likely N-dealkylation sites (N-methyl/N-ethyl adjacent to an activating group) is 1. The molecule has 1 aliphatic heterocycles. The van der Waals surface area contributed by atoms with E-state index in [0.29, 0.717) is 12.0 Å². The van der Waals surface area contributed by atoms with Crippen LogP contribution in [0.2, 0.25) is 0 Å². The second-order valence-corrected chi connectivity index (χ2v) is 4.93. The molecule has 0 aromatic carbocycles. The Morgan fingerprint density at radius 2 is 2.31 bits per heavy atom. The molecule has 1 N–H and O–H groups in total. The number of ether oxygens (including phenoxy) is 2. The van der Waals surface area contributed by atoms with Gasteiger partial charge in [-0.2, -0.15) is 0 Å². The maximum Gasteiger partial charge on any atom is 0.0826 e. The summed E-state index contributed by atoms with van der Waals surface area (Å²) in [6, 6.07) is 0. The van der Waals surface area contributed by atoms with Gasteiger partial charge in [0.1, 0.15) is 0 Å². The second kappa shape index (κ2) is 8.01. The van der Waals surface area contributed by atoms with Gasteiger partial charge < -0.3 is 19.7 Å². The van der Waals surface area contributed by atoms with E-state index in [2.05, 4.69) is 31.1 Å². The van der Waals surface area contributed by atoms with E-state index in [0.717, 1.165) is 46.0 Å². The molecule has 96 valence electrons. The van der Waals surface area contributed by atoms with E-state index >= 15 is 0 Å². The quantitative estimate of drug-likeness (QED) is 0.649. The van der Waals surface area contributed by atoms with Crippen LogP contribution in [0.4, 0.5) is 0 Å². The molecule has 1 aliphatic rings. The van der Waals surface area contributed by atoms with E-state index < -0.39 is 0 Å². The number of morpholine rings is 1. The second-order valence-electron chi connectivity index (χ2n) is 4.93. The molecule has 16 heavy (non-hydrogen) atoms. The first-order valence-electron chi connectivity index (χ1n) is 6.27. The van der Waals surface area contributed by atoms with E-state index in [4.69, 9.17) is 9.47 Å². The minimum atomic E-state index is 0.337. The Balaban J connectivity index is 1.99. The van der Waals surface area contributed by atoms with Crippen molar-refractivity contribution >= 4 is 0 Å². The van der Waals surface area contributed by atoms with Crippen molar-refractivity contribution in [3.8, 4) is 0 Å². The molecule has 0 spiro atoms. The largest absolute Gasteiger partial charge is 0.380 e. The lowest BCUT2D eigenvalue weighted by molar-refractivity contribution is 0.00404. The fourth-order valence-electron chi connectivity index (χ4n) is 1.72. The molecular formula is C12H26N2O2. The Morgan fingerprint density at radius 3 is 2.94 bits per heavy atom. The van der Waals surface area contributed by atoms with Crippen LogP contribution < -0.4 is 5.32 Å². The molecule has 1 atom stereocenters. The molecule has 4 nitrogen and oxygen atoms in total. The van der Waals surface area contributed by atoms with Gasteiger partial charge in [-0.15, -0.1) is 0 Å². The van der Waals surface area contributed by atoms with Crippen LogP contribution in [0.5, 0.6) is 0 Å². The highest BCUT2D eigenvalue weighted by molar-refractivity contribution is 4.70. The summed E-state index contributed by atoms with van der Waals surface area (Å²) in [5, 5.41) is 3.34. The van der Waals surface area contributed by atoms with Gasteiger partial charge in [-0.1, -0.05) is 13.8 Å². The predicted molar refractivity (Wildman–Crippen MR) is 65.8 cm³/mol. The summed E-state index contributed by atoms with van der Waals surface area (Å²) in [4.78, 5) is 2.28. The number of rotatable bonds is 7. The molecule has 0 aromatic heterocycles. The molecule has 0 amide bonds. The van der Waals surface area contributed by atoms with Crippen LogP contribution in [0.25, 0.3) is 0 Å². The van der Waals surface area contributed by atoms with Gasteiger partial charge in [0.05, 0.1) is 19.3 Å². The van der Waals surface area contributed by atoms with Gasteiger partial charge in [0.25, 0.3) is 0 Å². The fraction of sp³-hybridized carbons (Fsp3) is 1.00. The average Bonchev–Trinajstić information content (AvgIpc) is 2.25. The standard InChI is InChI=1S/C12H26N2O2/c1-11(2)10-15-7-5-14(3)9-12-8-13-4-6-16-12/h11-13H,4-10H2,1-3H3. The number of hydrogen-bond acceptors (Lipinski definition) is 4. The van der Waals surface area contributed by atoms with E-state index in [9.17, 15) is 0 Å². The van der Waals surface area contributed by atoms with Crippen LogP contribution in [0.15, 0.2) is 0 Å². The Labute approximate surface area is 99.3 Å². The highest BCUT2D eigenvalue weighted by Gasteiger charge is 2.14. The fourth-order valence-corrected chi connectivity index (χ4v) is 1.72. The summed E-state index contributed by atoms with van der Waals surface area (Å²) in [5.41, 5.74) is 0. The SMILES string of the molecule is CC(C)COCCN(C)CC1CNCCO1. The third-order valence-corrected chi connectivity index (χ3v) is 2.59. The van der Waals surface area contributed by atoms with Crippen molar-refractivity contribution in [1.29, 1.82) is 0 Å². The number of nitrogens with one attached hydrogen (secondary N) is 1. The molecule has 0 saturated carbocycles. The Bertz CT molecular complexity index is 170. The molecule has 0 aromatic rings. The number of hydrogen-bond donors (Lipinski definition) is 1. The zero-order valence-corrected chi connectivity index (χ0v) is 10.9. The smallest absolute Gasteiger partial charge is 0.0826 e. The number of nitrogens with zero attached hydrogens (tertiary/aromatic N) is 1. The topological polar surface area (TPSA) is 33.7 Å². The van der Waals surface area contributed by atoms with Crippen molar-refractivity contribution in [2.45, 2.75) is 20.0 Å². The van der Waals surface area contributed by atoms with Crippen molar-refractivity contribution in [2.75, 3.05) is 53.0 Å². The van der Waals surface area contributed by atoms with Gasteiger partial charge in [-0.05, 0) is 13.0 Å². The maximum atomic E-state index is 5.65. The summed E-state index contributed by atoms with van der Waals surface area (Å²) < 4.78 is 11.2. The first kappa shape index (κ1) is 13.9. The van der Waals surface area contributed by atoms with Crippen molar-refractivity contribution in [2.24, 2.45) is 5.92 Å². The molecule has 1 rings (SSSR count). The molecule has 0 radical (unpaired) electrons. The van der Waals surface area contributed by atoms with Crippen LogP contribution in [-0.2, 0) is 9.47 Å². The molecule has 1 fully saturated rings. The molecule has 0 aliphatic carbocycles. The minimum Gasteiger partial charge on any atom is -0.380 e. The van der Waals surface area contributed by atoms with Gasteiger partial charge in [-0.25, -0.2) is 0 Å². The summed E-state index contributed by atoms with van der Waals surface area (Å²) in [6.07, 6.45) is 0.337. The highest BCUT2D eigenvalue weighted by atomic mass is 16.5. The van der Waals surface area contributed by atoms with Crippen molar-refractivity contribution in [3.63, 3.8) is 0 Å². The Morgan fingerprint density at radius 1 is 1.50 bits per heavy atom. The summed E-state index contributed by atoms with van der Waals surface area (Å²) >= 11 is 0. The molecule has 4 heteroatoms. The lowest BCUT2D eigenvalue weighted by Gasteiger charge is -2.27. The van der Waals surface area contributed by atoms with Crippen molar-refractivity contribution < 1.29 is 9.47 Å². The zero-order chi connectivity index (χ0) is 11.8. The van der Waals surface area contributed by atoms with Gasteiger partial charge >= 0.3 is 0 Å². The van der Waals surface area contributed by atoms with Crippen LogP contribution in [0, 0.1) is 5.92 Å². The van der Waals surface area contributed by atoms with E-state index in [-0.39, 0.29) is 0 Å². The molecule has 1 saturated heterocycles. The maximum absolute atomic E-state index is 5.65. The third-order valence-electron chi connectivity index (χ3n) is 2.59. The first-order chi connectivity index (χ1) is 7.68. The third kappa shape index (κ3) is 6.43. The average molecular weight is 230 g/mol. The van der Waals surface area contributed by atoms with Gasteiger partial charge in [-0.3, -0.25) is 0 Å². The monoisotopic (exact) mass is 230 g/mol. The van der Waals surface area contributed by atoms with E-state index in [1.54, 1.807) is 0 Å².